The molecule has 0 spiro atoms. The Balaban J connectivity index is 1.89. The molecule has 2 amide bonds. The van der Waals surface area contributed by atoms with Gasteiger partial charge >= 0.3 is 5.97 Å². The number of nitrogens with one attached hydrogen (secondary N) is 2. The maximum absolute atomic E-state index is 12.2. The summed E-state index contributed by atoms with van der Waals surface area (Å²) >= 11 is 5.87. The highest BCUT2D eigenvalue weighted by Gasteiger charge is 2.17. The van der Waals surface area contributed by atoms with Crippen molar-refractivity contribution in [1.82, 2.24) is 10.9 Å². The molecular weight excluding hydrogens is 388 g/mol. The first kappa shape index (κ1) is 21.0. The quantitative estimate of drug-likeness (QED) is 0.540. The SMILES string of the molecule is CCOc1ccccc1C(=O)OCC(=O)NNC(=O)c1cc(Cl)ccc1OC. The van der Waals surface area contributed by atoms with E-state index >= 15 is 0 Å². The average Bonchev–Trinajstić information content (AvgIpc) is 2.70. The van der Waals surface area contributed by atoms with Crippen molar-refractivity contribution in [3.05, 3.63) is 58.6 Å². The second-order valence-corrected chi connectivity index (χ2v) is 5.79. The van der Waals surface area contributed by atoms with Crippen molar-refractivity contribution in [2.24, 2.45) is 0 Å². The van der Waals surface area contributed by atoms with Gasteiger partial charge in [0.2, 0.25) is 0 Å². The van der Waals surface area contributed by atoms with Crippen LogP contribution in [0, 0.1) is 0 Å². The molecule has 8 nitrogen and oxygen atoms in total. The molecule has 0 bridgehead atoms. The molecule has 0 radical (unpaired) electrons. The molecule has 2 aromatic carbocycles. The first-order chi connectivity index (χ1) is 13.5. The van der Waals surface area contributed by atoms with Gasteiger partial charge in [0, 0.05) is 5.02 Å². The van der Waals surface area contributed by atoms with Gasteiger partial charge in [0.05, 0.1) is 19.3 Å². The lowest BCUT2D eigenvalue weighted by Crippen LogP contribution is -2.43. The van der Waals surface area contributed by atoms with Crippen LogP contribution in [0.5, 0.6) is 11.5 Å². The van der Waals surface area contributed by atoms with Crippen molar-refractivity contribution in [3.63, 3.8) is 0 Å². The van der Waals surface area contributed by atoms with Crippen molar-refractivity contribution in [1.29, 1.82) is 0 Å². The van der Waals surface area contributed by atoms with Crippen LogP contribution in [0.2, 0.25) is 5.02 Å². The number of hydrazine groups is 1. The minimum atomic E-state index is -0.725. The summed E-state index contributed by atoms with van der Waals surface area (Å²) in [7, 11) is 1.40. The highest BCUT2D eigenvalue weighted by molar-refractivity contribution is 6.31. The number of amides is 2. The van der Waals surface area contributed by atoms with Crippen LogP contribution in [0.1, 0.15) is 27.6 Å². The van der Waals surface area contributed by atoms with E-state index in [2.05, 4.69) is 10.9 Å². The number of benzene rings is 2. The summed E-state index contributed by atoms with van der Waals surface area (Å²) in [5.41, 5.74) is 4.69. The molecule has 2 rings (SSSR count). The standard InChI is InChI=1S/C19H19ClN2O6/c1-3-27-16-7-5-4-6-13(16)19(25)28-11-17(23)21-22-18(24)14-10-12(20)8-9-15(14)26-2/h4-10H,3,11H2,1-2H3,(H,21,23)(H,22,24). The average molecular weight is 407 g/mol. The monoisotopic (exact) mass is 406 g/mol. The summed E-state index contributed by atoms with van der Waals surface area (Å²) in [6.45, 7) is 1.57. The summed E-state index contributed by atoms with van der Waals surface area (Å²) in [4.78, 5) is 36.1. The van der Waals surface area contributed by atoms with Crippen LogP contribution in [0.4, 0.5) is 0 Å². The maximum atomic E-state index is 12.2. The summed E-state index contributed by atoms with van der Waals surface area (Å²) in [6, 6.07) is 11.0. The van der Waals surface area contributed by atoms with Gasteiger partial charge in [-0.15, -0.1) is 0 Å². The zero-order valence-corrected chi connectivity index (χ0v) is 16.0. The third-order valence-electron chi connectivity index (χ3n) is 3.46. The molecule has 9 heteroatoms. The lowest BCUT2D eigenvalue weighted by Gasteiger charge is -2.12. The van der Waals surface area contributed by atoms with Crippen LogP contribution < -0.4 is 20.3 Å². The van der Waals surface area contributed by atoms with E-state index in [-0.39, 0.29) is 16.9 Å². The number of carbonyl (C=O) groups excluding carboxylic acids is 3. The van der Waals surface area contributed by atoms with E-state index in [0.29, 0.717) is 17.4 Å². The number of carbonyl (C=O) groups is 3. The number of esters is 1. The molecule has 0 fully saturated rings. The van der Waals surface area contributed by atoms with Crippen LogP contribution >= 0.6 is 11.6 Å². The summed E-state index contributed by atoms with van der Waals surface area (Å²) in [5.74, 6) is -1.44. The van der Waals surface area contributed by atoms with E-state index in [1.165, 1.54) is 25.3 Å². The first-order valence-corrected chi connectivity index (χ1v) is 8.65. The molecule has 2 N–H and O–H groups in total. The first-order valence-electron chi connectivity index (χ1n) is 8.28. The molecule has 0 unspecified atom stereocenters. The normalized spacial score (nSPS) is 9.96. The summed E-state index contributed by atoms with van der Waals surface area (Å²) in [5, 5.41) is 0.333. The lowest BCUT2D eigenvalue weighted by atomic mass is 10.2. The van der Waals surface area contributed by atoms with Crippen LogP contribution in [0.15, 0.2) is 42.5 Å². The zero-order valence-electron chi connectivity index (χ0n) is 15.3. The van der Waals surface area contributed by atoms with Crippen LogP contribution in [-0.2, 0) is 9.53 Å². The number of para-hydroxylation sites is 1. The van der Waals surface area contributed by atoms with Crippen molar-refractivity contribution >= 4 is 29.4 Å². The van der Waals surface area contributed by atoms with Crippen LogP contribution in [-0.4, -0.2) is 38.1 Å². The topological polar surface area (TPSA) is 103 Å². The molecule has 0 saturated heterocycles. The van der Waals surface area contributed by atoms with Crippen molar-refractivity contribution in [3.8, 4) is 11.5 Å². The van der Waals surface area contributed by atoms with Crippen molar-refractivity contribution in [2.75, 3.05) is 20.3 Å². The fourth-order valence-corrected chi connectivity index (χ4v) is 2.39. The van der Waals surface area contributed by atoms with E-state index in [9.17, 15) is 14.4 Å². The van der Waals surface area contributed by atoms with Crippen LogP contribution in [0.3, 0.4) is 0 Å². The van der Waals surface area contributed by atoms with Gasteiger partial charge in [-0.3, -0.25) is 20.4 Å². The Labute approximate surface area is 166 Å². The Hall–Kier alpha value is -3.26. The number of halogens is 1. The summed E-state index contributed by atoms with van der Waals surface area (Å²) in [6.07, 6.45) is 0. The molecular formula is C19H19ClN2O6. The highest BCUT2D eigenvalue weighted by atomic mass is 35.5. The number of methoxy groups -OCH3 is 1. The Morgan fingerprint density at radius 1 is 1.00 bits per heavy atom. The smallest absolute Gasteiger partial charge is 0.342 e. The molecule has 2 aromatic rings. The van der Waals surface area contributed by atoms with Gasteiger partial charge in [-0.05, 0) is 37.3 Å². The molecule has 0 aliphatic heterocycles. The van der Waals surface area contributed by atoms with Crippen LogP contribution in [0.25, 0.3) is 0 Å². The highest BCUT2D eigenvalue weighted by Crippen LogP contribution is 2.22. The fraction of sp³-hybridized carbons (Fsp3) is 0.211. The molecule has 28 heavy (non-hydrogen) atoms. The van der Waals surface area contributed by atoms with Crippen molar-refractivity contribution < 1.29 is 28.6 Å². The summed E-state index contributed by atoms with van der Waals surface area (Å²) < 4.78 is 15.4. The number of rotatable bonds is 7. The Morgan fingerprint density at radius 2 is 1.75 bits per heavy atom. The van der Waals surface area contributed by atoms with Gasteiger partial charge in [0.1, 0.15) is 17.1 Å². The predicted octanol–water partition coefficient (Wildman–Crippen LogP) is 2.37. The molecule has 0 aromatic heterocycles. The number of hydrogen-bond donors (Lipinski definition) is 2. The Kier molecular flexibility index (Phi) is 7.65. The van der Waals surface area contributed by atoms with E-state index in [1.54, 1.807) is 31.2 Å². The van der Waals surface area contributed by atoms with Gasteiger partial charge in [0.15, 0.2) is 6.61 Å². The van der Waals surface area contributed by atoms with Crippen molar-refractivity contribution in [2.45, 2.75) is 6.92 Å². The number of hydrogen-bond acceptors (Lipinski definition) is 6. The van der Waals surface area contributed by atoms with Gasteiger partial charge in [-0.1, -0.05) is 23.7 Å². The third-order valence-corrected chi connectivity index (χ3v) is 3.70. The fourth-order valence-electron chi connectivity index (χ4n) is 2.21. The minimum Gasteiger partial charge on any atom is -0.496 e. The molecule has 0 aliphatic carbocycles. The molecule has 0 aliphatic rings. The van der Waals surface area contributed by atoms with E-state index in [1.807, 2.05) is 0 Å². The Bertz CT molecular complexity index is 871. The molecule has 0 heterocycles. The van der Waals surface area contributed by atoms with Gasteiger partial charge in [0.25, 0.3) is 11.8 Å². The minimum absolute atomic E-state index is 0.137. The van der Waals surface area contributed by atoms with E-state index in [0.717, 1.165) is 0 Å². The second kappa shape index (κ2) is 10.2. The predicted molar refractivity (Wildman–Crippen MR) is 102 cm³/mol. The number of ether oxygens (including phenoxy) is 3. The van der Waals surface area contributed by atoms with Gasteiger partial charge in [-0.25, -0.2) is 4.79 Å². The maximum Gasteiger partial charge on any atom is 0.342 e. The molecule has 148 valence electrons. The van der Waals surface area contributed by atoms with Gasteiger partial charge in [-0.2, -0.15) is 0 Å². The lowest BCUT2D eigenvalue weighted by molar-refractivity contribution is -0.125. The van der Waals surface area contributed by atoms with E-state index < -0.39 is 24.4 Å². The third kappa shape index (κ3) is 5.62. The second-order valence-electron chi connectivity index (χ2n) is 5.35. The molecule has 0 saturated carbocycles. The van der Waals surface area contributed by atoms with Gasteiger partial charge < -0.3 is 14.2 Å². The largest absolute Gasteiger partial charge is 0.496 e. The van der Waals surface area contributed by atoms with E-state index in [4.69, 9.17) is 25.8 Å². The zero-order chi connectivity index (χ0) is 20.5. The Morgan fingerprint density at radius 3 is 2.46 bits per heavy atom. The molecule has 0 atom stereocenters.